The summed E-state index contributed by atoms with van der Waals surface area (Å²) in [6.07, 6.45) is 0.909. The summed E-state index contributed by atoms with van der Waals surface area (Å²) in [5.41, 5.74) is 6.37. The third kappa shape index (κ3) is 2.22. The quantitative estimate of drug-likeness (QED) is 0.617. The zero-order valence-corrected chi connectivity index (χ0v) is 6.15. The van der Waals surface area contributed by atoms with Crippen molar-refractivity contribution in [1.29, 1.82) is 0 Å². The normalized spacial score (nSPS) is 8.67. The molecule has 0 radical (unpaired) electrons. The summed E-state index contributed by atoms with van der Waals surface area (Å²) in [4.78, 5) is 1.78. The molecule has 2 heteroatoms. The van der Waals surface area contributed by atoms with Gasteiger partial charge in [0.2, 0.25) is 0 Å². The summed E-state index contributed by atoms with van der Waals surface area (Å²) in [7, 11) is 1.86. The molecule has 0 amide bonds. The number of nitrogens with two attached hydrogens (primary N) is 1. The van der Waals surface area contributed by atoms with Gasteiger partial charge in [-0.1, -0.05) is 20.1 Å². The van der Waals surface area contributed by atoms with Gasteiger partial charge in [-0.05, 0) is 6.42 Å². The molecule has 0 rings (SSSR count). The van der Waals surface area contributed by atoms with Crippen LogP contribution in [-0.2, 0) is 0 Å². The molecule has 0 aliphatic carbocycles. The fraction of sp³-hybridized carbons (Fsp3) is 0.429. The predicted octanol–water partition coefficient (Wildman–Crippen LogP) is 1.27. The van der Waals surface area contributed by atoms with Gasteiger partial charge in [0.1, 0.15) is 0 Å². The van der Waals surface area contributed by atoms with Crippen LogP contribution in [-0.4, -0.2) is 11.9 Å². The van der Waals surface area contributed by atoms with Crippen molar-refractivity contribution in [2.75, 3.05) is 7.05 Å². The van der Waals surface area contributed by atoms with Crippen LogP contribution in [0.3, 0.4) is 0 Å². The van der Waals surface area contributed by atoms with E-state index in [-0.39, 0.29) is 0 Å². The van der Waals surface area contributed by atoms with Crippen LogP contribution in [0.25, 0.3) is 0 Å². The van der Waals surface area contributed by atoms with Gasteiger partial charge >= 0.3 is 0 Å². The molecule has 2 nitrogen and oxygen atoms in total. The highest BCUT2D eigenvalue weighted by molar-refractivity contribution is 5.01. The van der Waals surface area contributed by atoms with Crippen molar-refractivity contribution < 1.29 is 0 Å². The molecule has 9 heavy (non-hydrogen) atoms. The SMILES string of the molecule is C=C(N)N(C)C(=C)CC. The Bertz CT molecular complexity index is 127. The van der Waals surface area contributed by atoms with Gasteiger partial charge in [-0.15, -0.1) is 0 Å². The maximum Gasteiger partial charge on any atom is 0.0952 e. The molecule has 0 fully saturated rings. The second-order valence-corrected chi connectivity index (χ2v) is 1.97. The van der Waals surface area contributed by atoms with E-state index in [0.717, 1.165) is 12.1 Å². The third-order valence-electron chi connectivity index (χ3n) is 1.31. The van der Waals surface area contributed by atoms with Crippen LogP contribution < -0.4 is 5.73 Å². The zero-order valence-electron chi connectivity index (χ0n) is 6.15. The first kappa shape index (κ1) is 8.08. The highest BCUT2D eigenvalue weighted by atomic mass is 15.2. The Morgan fingerprint density at radius 2 is 2.00 bits per heavy atom. The summed E-state index contributed by atoms with van der Waals surface area (Å²) in [6, 6.07) is 0. The highest BCUT2D eigenvalue weighted by Crippen LogP contribution is 2.04. The Hall–Kier alpha value is -0.920. The van der Waals surface area contributed by atoms with Gasteiger partial charge in [-0.25, -0.2) is 0 Å². The van der Waals surface area contributed by atoms with Crippen LogP contribution >= 0.6 is 0 Å². The van der Waals surface area contributed by atoms with Crippen LogP contribution in [0.2, 0.25) is 0 Å². The van der Waals surface area contributed by atoms with Gasteiger partial charge < -0.3 is 10.6 Å². The van der Waals surface area contributed by atoms with Crippen LogP contribution in [0.5, 0.6) is 0 Å². The average molecular weight is 126 g/mol. The lowest BCUT2D eigenvalue weighted by atomic mass is 10.3. The minimum absolute atomic E-state index is 0.543. The number of nitrogens with zero attached hydrogens (tertiary/aromatic N) is 1. The largest absolute Gasteiger partial charge is 0.386 e. The Kier molecular flexibility index (Phi) is 2.85. The molecular weight excluding hydrogens is 112 g/mol. The lowest BCUT2D eigenvalue weighted by Crippen LogP contribution is -2.20. The van der Waals surface area contributed by atoms with Gasteiger partial charge in [0.15, 0.2) is 0 Å². The van der Waals surface area contributed by atoms with Crippen LogP contribution in [0.1, 0.15) is 13.3 Å². The van der Waals surface area contributed by atoms with Crippen molar-refractivity contribution in [3.63, 3.8) is 0 Å². The fourth-order valence-electron chi connectivity index (χ4n) is 0.440. The van der Waals surface area contributed by atoms with Gasteiger partial charge in [0, 0.05) is 12.7 Å². The van der Waals surface area contributed by atoms with Crippen molar-refractivity contribution in [1.82, 2.24) is 4.90 Å². The molecule has 0 spiro atoms. The van der Waals surface area contributed by atoms with Gasteiger partial charge in [0.25, 0.3) is 0 Å². The first-order chi connectivity index (χ1) is 4.09. The first-order valence-corrected chi connectivity index (χ1v) is 2.95. The van der Waals surface area contributed by atoms with Crippen LogP contribution in [0, 0.1) is 0 Å². The molecule has 0 saturated carbocycles. The van der Waals surface area contributed by atoms with E-state index >= 15 is 0 Å². The lowest BCUT2D eigenvalue weighted by molar-refractivity contribution is 0.500. The van der Waals surface area contributed by atoms with Crippen molar-refractivity contribution in [2.24, 2.45) is 5.73 Å². The maximum absolute atomic E-state index is 5.38. The summed E-state index contributed by atoms with van der Waals surface area (Å²) >= 11 is 0. The van der Waals surface area contributed by atoms with Gasteiger partial charge in [-0.3, -0.25) is 0 Å². The van der Waals surface area contributed by atoms with Gasteiger partial charge in [-0.2, -0.15) is 0 Å². The van der Waals surface area contributed by atoms with Crippen molar-refractivity contribution in [3.05, 3.63) is 24.7 Å². The van der Waals surface area contributed by atoms with E-state index in [2.05, 4.69) is 13.2 Å². The molecule has 0 aromatic carbocycles. The summed E-state index contributed by atoms with van der Waals surface area (Å²) in [6.45, 7) is 9.38. The molecule has 2 N–H and O–H groups in total. The van der Waals surface area contributed by atoms with Crippen molar-refractivity contribution >= 4 is 0 Å². The van der Waals surface area contributed by atoms with E-state index in [1.807, 2.05) is 14.0 Å². The molecule has 0 unspecified atom stereocenters. The topological polar surface area (TPSA) is 29.3 Å². The number of hydrogen-bond acceptors (Lipinski definition) is 2. The van der Waals surface area contributed by atoms with E-state index in [9.17, 15) is 0 Å². The van der Waals surface area contributed by atoms with E-state index in [1.165, 1.54) is 0 Å². The van der Waals surface area contributed by atoms with E-state index < -0.39 is 0 Å². The Morgan fingerprint density at radius 1 is 1.56 bits per heavy atom. The summed E-state index contributed by atoms with van der Waals surface area (Å²) in [5, 5.41) is 0. The second-order valence-electron chi connectivity index (χ2n) is 1.97. The highest BCUT2D eigenvalue weighted by Gasteiger charge is 1.97. The Labute approximate surface area is 56.6 Å². The minimum Gasteiger partial charge on any atom is -0.386 e. The standard InChI is InChI=1S/C7H14N2/c1-5-6(2)9(4)7(3)8/h2-3,5,8H2,1,4H3. The maximum atomic E-state index is 5.38. The monoisotopic (exact) mass is 126 g/mol. The zero-order chi connectivity index (χ0) is 7.44. The smallest absolute Gasteiger partial charge is 0.0952 e. The van der Waals surface area contributed by atoms with Crippen molar-refractivity contribution in [2.45, 2.75) is 13.3 Å². The summed E-state index contributed by atoms with van der Waals surface area (Å²) < 4.78 is 0. The molecule has 0 aliphatic rings. The Morgan fingerprint density at radius 3 is 2.11 bits per heavy atom. The molecule has 0 aromatic rings. The second kappa shape index (κ2) is 3.17. The van der Waals surface area contributed by atoms with Crippen LogP contribution in [0.4, 0.5) is 0 Å². The molecule has 0 bridgehead atoms. The third-order valence-corrected chi connectivity index (χ3v) is 1.31. The molecule has 0 heterocycles. The summed E-state index contributed by atoms with van der Waals surface area (Å²) in [5.74, 6) is 0.543. The Balaban J connectivity index is 3.88. The molecule has 0 aliphatic heterocycles. The minimum atomic E-state index is 0.543. The number of allylic oxidation sites excluding steroid dienone is 1. The predicted molar refractivity (Wildman–Crippen MR) is 40.5 cm³/mol. The molecule has 0 saturated heterocycles. The lowest BCUT2D eigenvalue weighted by Gasteiger charge is -2.19. The average Bonchev–Trinajstić information content (AvgIpc) is 1.84. The van der Waals surface area contributed by atoms with Crippen LogP contribution in [0.15, 0.2) is 24.7 Å². The van der Waals surface area contributed by atoms with E-state index in [1.54, 1.807) is 4.90 Å². The molecular formula is C7H14N2. The van der Waals surface area contributed by atoms with Crippen molar-refractivity contribution in [3.8, 4) is 0 Å². The van der Waals surface area contributed by atoms with E-state index in [4.69, 9.17) is 5.73 Å². The van der Waals surface area contributed by atoms with Gasteiger partial charge in [0.05, 0.1) is 5.82 Å². The van der Waals surface area contributed by atoms with E-state index in [0.29, 0.717) is 5.82 Å². The first-order valence-electron chi connectivity index (χ1n) is 2.95. The molecule has 0 aromatic heterocycles. The number of hydrogen-bond donors (Lipinski definition) is 1. The fourth-order valence-corrected chi connectivity index (χ4v) is 0.440. The molecule has 52 valence electrons. The number of rotatable bonds is 3. The molecule has 0 atom stereocenters.